The molecule has 2 aromatic carbocycles. The molecule has 0 aliphatic carbocycles. The Morgan fingerprint density at radius 1 is 1.00 bits per heavy atom. The van der Waals surface area contributed by atoms with Crippen molar-refractivity contribution in [1.29, 1.82) is 0 Å². The third-order valence-electron chi connectivity index (χ3n) is 7.13. The van der Waals surface area contributed by atoms with Gasteiger partial charge in [-0.1, -0.05) is 86.0 Å². The van der Waals surface area contributed by atoms with Crippen molar-refractivity contribution in [3.63, 3.8) is 0 Å². The Bertz CT molecular complexity index is 1750. The summed E-state index contributed by atoms with van der Waals surface area (Å²) in [5.41, 5.74) is 11.7. The molecule has 0 amide bonds. The number of pyridine rings is 1. The SMILES string of the molecule is C=C/C=C(/c1cccnc1)c1cc(-c2n[nH]c3ccc(C(/C=C(\C=C)CNCc4ccccc4)=C/C)cc23)[nH]c1C. The van der Waals surface area contributed by atoms with E-state index in [1.807, 2.05) is 36.6 Å². The number of H-pyrrole nitrogens is 2. The molecule has 5 aromatic rings. The number of allylic oxidation sites excluding steroid dienone is 5. The fourth-order valence-corrected chi connectivity index (χ4v) is 5.01. The number of aryl methyl sites for hydroxylation is 1. The standard InChI is InChI=1S/C36H35N5/c1-5-12-31(30-15-11-18-37-24-30)32-21-35(39-25(32)4)36-33-20-29(16-17-34(33)40-41-36)28(7-3)19-26(6-2)22-38-23-27-13-9-8-10-14-27/h5-21,24,38-39H,1-2,22-23H2,3-4H3,(H,40,41)/b26-19+,28-7+,31-12-. The molecule has 0 spiro atoms. The van der Waals surface area contributed by atoms with Crippen LogP contribution < -0.4 is 5.32 Å². The van der Waals surface area contributed by atoms with Crippen molar-refractivity contribution in [2.45, 2.75) is 20.4 Å². The van der Waals surface area contributed by atoms with Crippen LogP contribution in [0.25, 0.3) is 33.4 Å². The highest BCUT2D eigenvalue weighted by Gasteiger charge is 2.16. The molecule has 5 heteroatoms. The Morgan fingerprint density at radius 2 is 1.85 bits per heavy atom. The van der Waals surface area contributed by atoms with Crippen LogP contribution in [0.15, 0.2) is 128 Å². The maximum atomic E-state index is 4.70. The number of aromatic nitrogens is 4. The highest BCUT2D eigenvalue weighted by atomic mass is 15.1. The van der Waals surface area contributed by atoms with Gasteiger partial charge in [-0.05, 0) is 66.0 Å². The summed E-state index contributed by atoms with van der Waals surface area (Å²) in [4.78, 5) is 7.87. The number of aromatic amines is 2. The van der Waals surface area contributed by atoms with Gasteiger partial charge in [0.15, 0.2) is 0 Å². The van der Waals surface area contributed by atoms with Crippen molar-refractivity contribution in [3.8, 4) is 11.4 Å². The quantitative estimate of drug-likeness (QED) is 0.149. The monoisotopic (exact) mass is 537 g/mol. The van der Waals surface area contributed by atoms with Crippen LogP contribution in [0.4, 0.5) is 0 Å². The molecule has 0 saturated carbocycles. The topological polar surface area (TPSA) is 69.4 Å². The first-order valence-corrected chi connectivity index (χ1v) is 13.8. The molecular weight excluding hydrogens is 502 g/mol. The smallest absolute Gasteiger partial charge is 0.116 e. The molecule has 41 heavy (non-hydrogen) atoms. The second-order valence-corrected chi connectivity index (χ2v) is 9.87. The van der Waals surface area contributed by atoms with Gasteiger partial charge in [-0.2, -0.15) is 5.10 Å². The van der Waals surface area contributed by atoms with Gasteiger partial charge >= 0.3 is 0 Å². The van der Waals surface area contributed by atoms with Crippen molar-refractivity contribution in [2.75, 3.05) is 6.54 Å². The fraction of sp³-hybridized carbons (Fsp3) is 0.111. The van der Waals surface area contributed by atoms with E-state index in [2.05, 4.69) is 114 Å². The Balaban J connectivity index is 1.44. The molecule has 3 aromatic heterocycles. The molecule has 0 radical (unpaired) electrons. The van der Waals surface area contributed by atoms with Crippen LogP contribution in [0.1, 0.15) is 34.9 Å². The van der Waals surface area contributed by atoms with Gasteiger partial charge in [-0.3, -0.25) is 10.1 Å². The van der Waals surface area contributed by atoms with Crippen molar-refractivity contribution in [3.05, 3.63) is 156 Å². The third kappa shape index (κ3) is 6.26. The number of hydrogen-bond acceptors (Lipinski definition) is 3. The lowest BCUT2D eigenvalue weighted by Crippen LogP contribution is -2.15. The van der Waals surface area contributed by atoms with Crippen molar-refractivity contribution < 1.29 is 0 Å². The molecule has 0 fully saturated rings. The zero-order valence-electron chi connectivity index (χ0n) is 23.6. The van der Waals surface area contributed by atoms with E-state index < -0.39 is 0 Å². The minimum absolute atomic E-state index is 0.733. The van der Waals surface area contributed by atoms with Crippen LogP contribution in [0, 0.1) is 6.92 Å². The van der Waals surface area contributed by atoms with E-state index >= 15 is 0 Å². The second-order valence-electron chi connectivity index (χ2n) is 9.87. The predicted molar refractivity (Wildman–Crippen MR) is 172 cm³/mol. The summed E-state index contributed by atoms with van der Waals surface area (Å²) in [5, 5.41) is 12.5. The van der Waals surface area contributed by atoms with E-state index in [1.165, 1.54) is 5.56 Å². The van der Waals surface area contributed by atoms with Gasteiger partial charge in [-0.25, -0.2) is 0 Å². The van der Waals surface area contributed by atoms with E-state index in [0.717, 1.165) is 74.5 Å². The largest absolute Gasteiger partial charge is 0.357 e. The lowest BCUT2D eigenvalue weighted by atomic mass is 9.98. The summed E-state index contributed by atoms with van der Waals surface area (Å²) < 4.78 is 0. The fourth-order valence-electron chi connectivity index (χ4n) is 5.01. The molecule has 5 nitrogen and oxygen atoms in total. The molecule has 0 saturated heterocycles. The van der Waals surface area contributed by atoms with Crippen LogP contribution in [-0.2, 0) is 6.54 Å². The lowest BCUT2D eigenvalue weighted by Gasteiger charge is -2.09. The average molecular weight is 538 g/mol. The molecule has 0 bridgehead atoms. The summed E-state index contributed by atoms with van der Waals surface area (Å²) in [6.07, 6.45) is 13.7. The molecule has 0 atom stereocenters. The zero-order valence-corrected chi connectivity index (χ0v) is 23.6. The minimum atomic E-state index is 0.733. The number of rotatable bonds is 11. The van der Waals surface area contributed by atoms with Crippen molar-refractivity contribution in [1.82, 2.24) is 25.5 Å². The van der Waals surface area contributed by atoms with E-state index in [0.29, 0.717) is 0 Å². The first kappa shape index (κ1) is 27.6. The van der Waals surface area contributed by atoms with Crippen LogP contribution in [0.3, 0.4) is 0 Å². The number of hydrogen-bond donors (Lipinski definition) is 3. The lowest BCUT2D eigenvalue weighted by molar-refractivity contribution is 0.747. The highest BCUT2D eigenvalue weighted by molar-refractivity contribution is 5.96. The molecule has 0 aliphatic heterocycles. The van der Waals surface area contributed by atoms with Gasteiger partial charge in [0.05, 0.1) is 11.2 Å². The summed E-state index contributed by atoms with van der Waals surface area (Å²) in [5.74, 6) is 0. The number of nitrogens with one attached hydrogen (secondary N) is 3. The summed E-state index contributed by atoms with van der Waals surface area (Å²) in [6, 6.07) is 23.0. The van der Waals surface area contributed by atoms with E-state index in [-0.39, 0.29) is 0 Å². The zero-order chi connectivity index (χ0) is 28.6. The maximum Gasteiger partial charge on any atom is 0.116 e. The first-order valence-electron chi connectivity index (χ1n) is 13.8. The predicted octanol–water partition coefficient (Wildman–Crippen LogP) is 8.18. The van der Waals surface area contributed by atoms with E-state index in [9.17, 15) is 0 Å². The van der Waals surface area contributed by atoms with Gasteiger partial charge < -0.3 is 10.3 Å². The number of nitrogens with zero attached hydrogens (tertiary/aromatic N) is 2. The molecular formula is C36H35N5. The third-order valence-corrected chi connectivity index (χ3v) is 7.13. The molecule has 3 N–H and O–H groups in total. The van der Waals surface area contributed by atoms with Crippen LogP contribution >= 0.6 is 0 Å². The van der Waals surface area contributed by atoms with Gasteiger partial charge in [-0.15, -0.1) is 0 Å². The summed E-state index contributed by atoms with van der Waals surface area (Å²) in [6.45, 7) is 13.7. The van der Waals surface area contributed by atoms with Crippen molar-refractivity contribution in [2.24, 2.45) is 0 Å². The van der Waals surface area contributed by atoms with Crippen LogP contribution in [-0.4, -0.2) is 26.7 Å². The molecule has 0 aliphatic rings. The summed E-state index contributed by atoms with van der Waals surface area (Å²) in [7, 11) is 0. The van der Waals surface area contributed by atoms with E-state index in [1.54, 1.807) is 6.20 Å². The molecule has 0 unspecified atom stereocenters. The minimum Gasteiger partial charge on any atom is -0.357 e. The Hall–Kier alpha value is -5.00. The molecule has 204 valence electrons. The maximum absolute atomic E-state index is 4.70. The highest BCUT2D eigenvalue weighted by Crippen LogP contribution is 2.34. The van der Waals surface area contributed by atoms with Gasteiger partial charge in [0.1, 0.15) is 5.69 Å². The normalized spacial score (nSPS) is 12.6. The van der Waals surface area contributed by atoms with Gasteiger partial charge in [0.2, 0.25) is 0 Å². The van der Waals surface area contributed by atoms with Crippen molar-refractivity contribution >= 4 is 22.0 Å². The molecule has 3 heterocycles. The average Bonchev–Trinajstić information content (AvgIpc) is 3.61. The second kappa shape index (κ2) is 12.9. The van der Waals surface area contributed by atoms with Crippen LogP contribution in [0.2, 0.25) is 0 Å². The Kier molecular flexibility index (Phi) is 8.67. The van der Waals surface area contributed by atoms with Gasteiger partial charge in [0.25, 0.3) is 0 Å². The van der Waals surface area contributed by atoms with E-state index in [4.69, 9.17) is 5.10 Å². The van der Waals surface area contributed by atoms with Crippen LogP contribution in [0.5, 0.6) is 0 Å². The Morgan fingerprint density at radius 3 is 2.59 bits per heavy atom. The number of benzene rings is 2. The Labute approximate surface area is 241 Å². The first-order chi connectivity index (χ1) is 20.1. The number of fused-ring (bicyclic) bond motifs is 1. The van der Waals surface area contributed by atoms with Gasteiger partial charge in [0, 0.05) is 47.7 Å². The molecule has 5 rings (SSSR count). The summed E-state index contributed by atoms with van der Waals surface area (Å²) >= 11 is 0.